The Morgan fingerprint density at radius 2 is 0.697 bits per heavy atom. The molecule has 392 valence electrons. The minimum Gasteiger partial charge on any atom is -0.466 e. The predicted octanol–water partition coefficient (Wildman–Crippen LogP) is 18.5. The highest BCUT2D eigenvalue weighted by molar-refractivity contribution is 5.76. The van der Waals surface area contributed by atoms with Gasteiger partial charge in [0.05, 0.1) is 25.4 Å². The first-order valence-corrected chi connectivity index (χ1v) is 30.0. The van der Waals surface area contributed by atoms with Crippen LogP contribution in [0.1, 0.15) is 335 Å². The molecule has 2 atom stereocenters. The molecule has 0 heterocycles. The first kappa shape index (κ1) is 64.6. The van der Waals surface area contributed by atoms with Gasteiger partial charge in [-0.25, -0.2) is 0 Å². The molecule has 6 heteroatoms. The van der Waals surface area contributed by atoms with E-state index >= 15 is 0 Å². The summed E-state index contributed by atoms with van der Waals surface area (Å²) in [6.45, 7) is 4.91. The highest BCUT2D eigenvalue weighted by Crippen LogP contribution is 2.18. The molecule has 0 aliphatic rings. The summed E-state index contributed by atoms with van der Waals surface area (Å²) in [4.78, 5) is 24.5. The van der Waals surface area contributed by atoms with Gasteiger partial charge >= 0.3 is 5.97 Å². The van der Waals surface area contributed by atoms with E-state index in [1.54, 1.807) is 6.08 Å². The second kappa shape index (κ2) is 56.2. The van der Waals surface area contributed by atoms with Gasteiger partial charge in [-0.2, -0.15) is 0 Å². The zero-order chi connectivity index (χ0) is 47.9. The Kier molecular flexibility index (Phi) is 55.0. The summed E-state index contributed by atoms with van der Waals surface area (Å²) in [6.07, 6.45) is 66.6. The van der Waals surface area contributed by atoms with Crippen LogP contribution in [-0.2, 0) is 14.3 Å². The van der Waals surface area contributed by atoms with Crippen molar-refractivity contribution in [3.8, 4) is 0 Å². The minimum atomic E-state index is -0.853. The number of carbonyl (C=O) groups excluding carboxylic acids is 2. The van der Waals surface area contributed by atoms with Crippen LogP contribution in [0.15, 0.2) is 12.2 Å². The maximum Gasteiger partial charge on any atom is 0.305 e. The van der Waals surface area contributed by atoms with Crippen molar-refractivity contribution in [2.75, 3.05) is 13.2 Å². The van der Waals surface area contributed by atoms with E-state index in [9.17, 15) is 19.8 Å². The van der Waals surface area contributed by atoms with Crippen molar-refractivity contribution in [1.29, 1.82) is 0 Å². The van der Waals surface area contributed by atoms with Gasteiger partial charge in [-0.3, -0.25) is 9.59 Å². The third-order valence-electron chi connectivity index (χ3n) is 14.1. The highest BCUT2D eigenvalue weighted by atomic mass is 16.5. The number of aliphatic hydroxyl groups is 2. The van der Waals surface area contributed by atoms with Crippen LogP contribution in [0.4, 0.5) is 0 Å². The maximum absolute atomic E-state index is 12.5. The van der Waals surface area contributed by atoms with Crippen molar-refractivity contribution >= 4 is 11.9 Å². The smallest absolute Gasteiger partial charge is 0.305 e. The number of hydrogen-bond acceptors (Lipinski definition) is 5. The number of allylic oxidation sites excluding steroid dienone is 1. The van der Waals surface area contributed by atoms with Gasteiger partial charge in [0.1, 0.15) is 0 Å². The molecule has 0 aliphatic heterocycles. The van der Waals surface area contributed by atoms with Crippen LogP contribution in [0.25, 0.3) is 0 Å². The number of esters is 1. The average Bonchev–Trinajstić information content (AvgIpc) is 3.32. The van der Waals surface area contributed by atoms with E-state index in [-0.39, 0.29) is 18.5 Å². The Bertz CT molecular complexity index is 986. The fourth-order valence-electron chi connectivity index (χ4n) is 9.46. The molecule has 0 aliphatic carbocycles. The molecule has 0 saturated heterocycles. The molecule has 0 aromatic rings. The lowest BCUT2D eigenvalue weighted by Gasteiger charge is -2.20. The first-order chi connectivity index (χ1) is 32.5. The van der Waals surface area contributed by atoms with Crippen molar-refractivity contribution in [2.24, 2.45) is 0 Å². The SMILES string of the molecule is CCCCCCCCCCCCCCCCCCCCC/C=C/C(O)C(CO)NC(=O)CCCCCCCCCCCCCCCOC(=O)CCCCCCCCCCCCCCCCC. The molecule has 66 heavy (non-hydrogen) atoms. The zero-order valence-corrected chi connectivity index (χ0v) is 44.7. The Morgan fingerprint density at radius 1 is 0.409 bits per heavy atom. The number of nitrogens with one attached hydrogen (secondary N) is 1. The molecule has 1 amide bonds. The van der Waals surface area contributed by atoms with E-state index in [0.717, 1.165) is 57.8 Å². The van der Waals surface area contributed by atoms with Crippen LogP contribution in [0.2, 0.25) is 0 Å². The molecule has 0 rings (SSSR count). The second-order valence-corrected chi connectivity index (χ2v) is 20.7. The van der Waals surface area contributed by atoms with E-state index in [1.807, 2.05) is 6.08 Å². The molecule has 3 N–H and O–H groups in total. The van der Waals surface area contributed by atoms with Gasteiger partial charge in [0.25, 0.3) is 0 Å². The number of amides is 1. The Labute approximate surface area is 412 Å². The standard InChI is InChI=1S/C60H117NO5/c1-3-5-7-9-11-13-15-17-19-20-21-22-23-24-26-28-32-36-40-44-48-52-58(63)57(56-62)61-59(64)53-49-45-41-37-33-29-27-31-35-39-43-47-51-55-66-60(65)54-50-46-42-38-34-30-25-18-16-14-12-10-8-6-4-2/h48,52,57-58,62-63H,3-47,49-51,53-56H2,1-2H3,(H,61,64)/b52-48+. The van der Waals surface area contributed by atoms with Gasteiger partial charge < -0.3 is 20.3 Å². The van der Waals surface area contributed by atoms with Crippen LogP contribution < -0.4 is 5.32 Å². The quantitative estimate of drug-likeness (QED) is 0.0321. The van der Waals surface area contributed by atoms with Crippen molar-refractivity contribution in [3.63, 3.8) is 0 Å². The highest BCUT2D eigenvalue weighted by Gasteiger charge is 2.18. The molecule has 2 unspecified atom stereocenters. The number of hydrogen-bond donors (Lipinski definition) is 3. The molecular formula is C60H117NO5. The molecule has 0 radical (unpaired) electrons. The lowest BCUT2D eigenvalue weighted by atomic mass is 10.0. The number of ether oxygens (including phenoxy) is 1. The number of carbonyl (C=O) groups is 2. The molecule has 6 nitrogen and oxygen atoms in total. The third kappa shape index (κ3) is 52.0. The average molecular weight is 933 g/mol. The van der Waals surface area contributed by atoms with Gasteiger partial charge in [0.2, 0.25) is 5.91 Å². The van der Waals surface area contributed by atoms with E-state index in [2.05, 4.69) is 19.2 Å². The zero-order valence-electron chi connectivity index (χ0n) is 44.7. The summed E-state index contributed by atoms with van der Waals surface area (Å²) in [5.74, 6) is -0.0800. The van der Waals surface area contributed by atoms with Crippen LogP contribution in [0.5, 0.6) is 0 Å². The monoisotopic (exact) mass is 932 g/mol. The largest absolute Gasteiger partial charge is 0.466 e. The van der Waals surface area contributed by atoms with Crippen molar-refractivity contribution < 1.29 is 24.5 Å². The van der Waals surface area contributed by atoms with Gasteiger partial charge in [0.15, 0.2) is 0 Å². The van der Waals surface area contributed by atoms with E-state index < -0.39 is 12.1 Å². The molecule has 0 aromatic carbocycles. The van der Waals surface area contributed by atoms with Crippen LogP contribution in [0.3, 0.4) is 0 Å². The molecule has 0 bridgehead atoms. The van der Waals surface area contributed by atoms with E-state index in [0.29, 0.717) is 19.4 Å². The van der Waals surface area contributed by atoms with Crippen molar-refractivity contribution in [2.45, 2.75) is 347 Å². The summed E-state index contributed by atoms with van der Waals surface area (Å²) in [5, 5.41) is 23.2. The summed E-state index contributed by atoms with van der Waals surface area (Å²) in [7, 11) is 0. The predicted molar refractivity (Wildman–Crippen MR) is 287 cm³/mol. The van der Waals surface area contributed by atoms with Gasteiger partial charge in [-0.05, 0) is 32.1 Å². The molecule has 0 aromatic heterocycles. The van der Waals surface area contributed by atoms with E-state index in [4.69, 9.17) is 4.74 Å². The molecule has 0 spiro atoms. The summed E-state index contributed by atoms with van der Waals surface area (Å²) in [5.41, 5.74) is 0. The number of unbranched alkanes of at least 4 members (excludes halogenated alkanes) is 45. The summed E-state index contributed by atoms with van der Waals surface area (Å²) < 4.78 is 5.48. The lowest BCUT2D eigenvalue weighted by molar-refractivity contribution is -0.143. The molecular weight excluding hydrogens is 815 g/mol. The second-order valence-electron chi connectivity index (χ2n) is 20.7. The fourth-order valence-corrected chi connectivity index (χ4v) is 9.46. The Balaban J connectivity index is 3.46. The number of aliphatic hydroxyl groups excluding tert-OH is 2. The topological polar surface area (TPSA) is 95.9 Å². The Hall–Kier alpha value is -1.40. The first-order valence-electron chi connectivity index (χ1n) is 30.0. The molecule has 0 fully saturated rings. The maximum atomic E-state index is 12.5. The summed E-state index contributed by atoms with van der Waals surface area (Å²) in [6, 6.07) is -0.637. The molecule has 0 saturated carbocycles. The fraction of sp³-hybridized carbons (Fsp3) is 0.933. The van der Waals surface area contributed by atoms with E-state index in [1.165, 1.54) is 250 Å². The van der Waals surface area contributed by atoms with Crippen molar-refractivity contribution in [1.82, 2.24) is 5.32 Å². The Morgan fingerprint density at radius 3 is 1.03 bits per heavy atom. The van der Waals surface area contributed by atoms with Gasteiger partial charge in [0, 0.05) is 12.8 Å². The minimum absolute atomic E-state index is 0.00301. The van der Waals surface area contributed by atoms with Crippen molar-refractivity contribution in [3.05, 3.63) is 12.2 Å². The third-order valence-corrected chi connectivity index (χ3v) is 14.1. The van der Waals surface area contributed by atoms with Gasteiger partial charge in [-0.15, -0.1) is 0 Å². The van der Waals surface area contributed by atoms with Crippen LogP contribution >= 0.6 is 0 Å². The van der Waals surface area contributed by atoms with Crippen LogP contribution in [0, 0.1) is 0 Å². The number of rotatable bonds is 56. The normalized spacial score (nSPS) is 12.6. The van der Waals surface area contributed by atoms with Gasteiger partial charge in [-0.1, -0.05) is 302 Å². The lowest BCUT2D eigenvalue weighted by Crippen LogP contribution is -2.45. The van der Waals surface area contributed by atoms with Crippen LogP contribution in [-0.4, -0.2) is 47.4 Å². The summed E-state index contributed by atoms with van der Waals surface area (Å²) >= 11 is 0.